The molecule has 0 bridgehead atoms. The number of hydrogen-bond acceptors (Lipinski definition) is 9. The van der Waals surface area contributed by atoms with Gasteiger partial charge in [0.15, 0.2) is 5.96 Å². The van der Waals surface area contributed by atoms with Crippen LogP contribution in [0.25, 0.3) is 0 Å². The van der Waals surface area contributed by atoms with E-state index in [1.807, 2.05) is 6.26 Å². The summed E-state index contributed by atoms with van der Waals surface area (Å²) in [5, 5.41) is 35.6. The Kier molecular flexibility index (Phi) is 15.6. The van der Waals surface area contributed by atoms with E-state index in [0.29, 0.717) is 17.7 Å². The molecule has 0 spiro atoms. The highest BCUT2D eigenvalue weighted by Gasteiger charge is 2.30. The van der Waals surface area contributed by atoms with Gasteiger partial charge in [-0.3, -0.25) is 24.2 Å². The van der Waals surface area contributed by atoms with E-state index in [1.54, 1.807) is 0 Å². The van der Waals surface area contributed by atoms with Crippen LogP contribution in [0.15, 0.2) is 29.3 Å². The smallest absolute Gasteiger partial charge is 0.326 e. The van der Waals surface area contributed by atoms with Crippen LogP contribution in [-0.4, -0.2) is 93.7 Å². The monoisotopic (exact) mass is 597 g/mol. The molecule has 4 unspecified atom stereocenters. The zero-order valence-corrected chi connectivity index (χ0v) is 23.6. The average molecular weight is 598 g/mol. The van der Waals surface area contributed by atoms with Crippen molar-refractivity contribution in [3.05, 3.63) is 29.8 Å². The molecule has 1 aromatic rings. The number of nitrogens with zero attached hydrogens (tertiary/aromatic N) is 1. The Bertz CT molecular complexity index is 1070. The van der Waals surface area contributed by atoms with Crippen LogP contribution in [0.4, 0.5) is 0 Å². The fourth-order valence-electron chi connectivity index (χ4n) is 3.58. The van der Waals surface area contributed by atoms with Crippen molar-refractivity contribution in [1.29, 1.82) is 0 Å². The second-order valence-electron chi connectivity index (χ2n) is 9.16. The third-order valence-corrected chi connectivity index (χ3v) is 6.46. The van der Waals surface area contributed by atoms with Crippen molar-refractivity contribution in [2.75, 3.05) is 18.6 Å². The van der Waals surface area contributed by atoms with Crippen LogP contribution in [0.1, 0.15) is 37.7 Å². The summed E-state index contributed by atoms with van der Waals surface area (Å²) in [7, 11) is 0. The van der Waals surface area contributed by atoms with Crippen molar-refractivity contribution in [1.82, 2.24) is 16.0 Å². The van der Waals surface area contributed by atoms with E-state index in [9.17, 15) is 34.2 Å². The van der Waals surface area contributed by atoms with Crippen molar-refractivity contribution < 1.29 is 39.3 Å². The summed E-state index contributed by atoms with van der Waals surface area (Å²) in [5.74, 6) is -4.45. The molecule has 16 heteroatoms. The lowest BCUT2D eigenvalue weighted by Gasteiger charge is -2.25. The number of nitrogens with one attached hydrogen (secondary N) is 3. The highest BCUT2D eigenvalue weighted by atomic mass is 32.2. The third kappa shape index (κ3) is 14.2. The zero-order chi connectivity index (χ0) is 30.9. The Morgan fingerprint density at radius 1 is 0.878 bits per heavy atom. The first-order valence-electron chi connectivity index (χ1n) is 12.8. The Balaban J connectivity index is 3.10. The molecule has 15 nitrogen and oxygen atoms in total. The topological polar surface area (TPSA) is 273 Å². The van der Waals surface area contributed by atoms with E-state index in [0.717, 1.165) is 0 Å². The molecule has 0 aliphatic heterocycles. The molecule has 0 aliphatic rings. The molecular weight excluding hydrogens is 558 g/mol. The lowest BCUT2D eigenvalue weighted by molar-refractivity contribution is -0.142. The molecule has 12 N–H and O–H groups in total. The molecule has 4 atom stereocenters. The summed E-state index contributed by atoms with van der Waals surface area (Å²) in [6.07, 6.45) is 1.54. The van der Waals surface area contributed by atoms with Gasteiger partial charge in [-0.2, -0.15) is 11.8 Å². The molecule has 0 saturated heterocycles. The first-order valence-corrected chi connectivity index (χ1v) is 14.2. The average Bonchev–Trinajstić information content (AvgIpc) is 2.91. The number of carbonyl (C=O) groups is 5. The van der Waals surface area contributed by atoms with Crippen molar-refractivity contribution in [2.24, 2.45) is 22.2 Å². The summed E-state index contributed by atoms with van der Waals surface area (Å²) in [5.41, 5.74) is 17.1. The number of benzene rings is 1. The largest absolute Gasteiger partial charge is 0.508 e. The fraction of sp³-hybridized carbons (Fsp3) is 0.520. The van der Waals surface area contributed by atoms with Gasteiger partial charge < -0.3 is 48.5 Å². The van der Waals surface area contributed by atoms with Gasteiger partial charge in [0, 0.05) is 19.4 Å². The van der Waals surface area contributed by atoms with Gasteiger partial charge in [-0.25, -0.2) is 4.79 Å². The minimum Gasteiger partial charge on any atom is -0.508 e. The van der Waals surface area contributed by atoms with Gasteiger partial charge in [0.2, 0.25) is 17.7 Å². The number of aliphatic carboxylic acids is 2. The van der Waals surface area contributed by atoms with Gasteiger partial charge in [-0.1, -0.05) is 12.1 Å². The highest BCUT2D eigenvalue weighted by Crippen LogP contribution is 2.12. The number of rotatable bonds is 19. The maximum atomic E-state index is 13.2. The van der Waals surface area contributed by atoms with Crippen LogP contribution in [0, 0.1) is 0 Å². The SMILES string of the molecule is CSCCC(N)C(=O)NC(CCC(=O)O)C(=O)NC(CCCN=C(N)N)C(=O)NC(Cc1ccc(O)cc1)C(=O)O. The minimum atomic E-state index is -1.37. The molecule has 228 valence electrons. The number of carboxylic acid groups (broad SMARTS) is 2. The van der Waals surface area contributed by atoms with Crippen LogP contribution < -0.4 is 33.2 Å². The number of carboxylic acids is 2. The van der Waals surface area contributed by atoms with Crippen LogP contribution in [0.2, 0.25) is 0 Å². The highest BCUT2D eigenvalue weighted by molar-refractivity contribution is 7.98. The van der Waals surface area contributed by atoms with Crippen LogP contribution in [0.5, 0.6) is 5.75 Å². The van der Waals surface area contributed by atoms with E-state index in [2.05, 4.69) is 20.9 Å². The number of carbonyl (C=O) groups excluding carboxylic acids is 3. The molecular formula is C25H39N7O8S. The van der Waals surface area contributed by atoms with Gasteiger partial charge in [0.25, 0.3) is 0 Å². The molecule has 41 heavy (non-hydrogen) atoms. The predicted molar refractivity (Wildman–Crippen MR) is 153 cm³/mol. The molecule has 0 saturated carbocycles. The molecule has 0 heterocycles. The number of guanidine groups is 1. The number of hydrogen-bond donors (Lipinski definition) is 9. The van der Waals surface area contributed by atoms with Crippen molar-refractivity contribution >= 4 is 47.4 Å². The summed E-state index contributed by atoms with van der Waals surface area (Å²) in [6.45, 7) is 0.112. The Hall–Kier alpha value is -4.05. The first-order chi connectivity index (χ1) is 19.3. The number of nitrogens with two attached hydrogens (primary N) is 3. The maximum Gasteiger partial charge on any atom is 0.326 e. The molecule has 0 radical (unpaired) electrons. The van der Waals surface area contributed by atoms with Crippen molar-refractivity contribution in [3.63, 3.8) is 0 Å². The van der Waals surface area contributed by atoms with E-state index in [4.69, 9.17) is 22.3 Å². The molecule has 3 amide bonds. The summed E-state index contributed by atoms with van der Waals surface area (Å²) in [6, 6.07) is 0.866. The van der Waals surface area contributed by atoms with Crippen LogP contribution in [-0.2, 0) is 30.4 Å². The zero-order valence-electron chi connectivity index (χ0n) is 22.7. The summed E-state index contributed by atoms with van der Waals surface area (Å²) in [4.78, 5) is 65.8. The number of aromatic hydroxyl groups is 1. The number of aliphatic imine (C=N–C) groups is 1. The van der Waals surface area contributed by atoms with E-state index >= 15 is 0 Å². The molecule has 0 aromatic heterocycles. The second kappa shape index (κ2) is 18.3. The summed E-state index contributed by atoms with van der Waals surface area (Å²) >= 11 is 1.48. The lowest BCUT2D eigenvalue weighted by atomic mass is 10.0. The number of phenols is 1. The van der Waals surface area contributed by atoms with Crippen molar-refractivity contribution in [3.8, 4) is 5.75 Å². The second-order valence-corrected chi connectivity index (χ2v) is 10.1. The van der Waals surface area contributed by atoms with Gasteiger partial charge >= 0.3 is 11.9 Å². The molecule has 0 aliphatic carbocycles. The van der Waals surface area contributed by atoms with Gasteiger partial charge in [-0.05, 0) is 55.4 Å². The summed E-state index contributed by atoms with van der Waals surface area (Å²) < 4.78 is 0. The number of amides is 3. The normalized spacial score (nSPS) is 13.6. The lowest BCUT2D eigenvalue weighted by Crippen LogP contribution is -2.57. The predicted octanol–water partition coefficient (Wildman–Crippen LogP) is -1.53. The Morgan fingerprint density at radius 3 is 1.98 bits per heavy atom. The maximum absolute atomic E-state index is 13.2. The van der Waals surface area contributed by atoms with Gasteiger partial charge in [0.05, 0.1) is 6.04 Å². The molecule has 1 aromatic carbocycles. The molecule has 1 rings (SSSR count). The van der Waals surface area contributed by atoms with Gasteiger partial charge in [-0.15, -0.1) is 0 Å². The van der Waals surface area contributed by atoms with E-state index in [1.165, 1.54) is 36.0 Å². The first kappa shape index (κ1) is 35.0. The third-order valence-electron chi connectivity index (χ3n) is 5.82. The van der Waals surface area contributed by atoms with Crippen LogP contribution in [0.3, 0.4) is 0 Å². The Labute approximate surface area is 241 Å². The Morgan fingerprint density at radius 2 is 1.44 bits per heavy atom. The standard InChI is InChI=1S/C25H39N7O8S/c1-41-12-10-16(26)21(36)30-18(8-9-20(34)35)23(38)31-17(3-2-11-29-25(27)28)22(37)32-19(24(39)40)13-14-4-6-15(33)7-5-14/h4-7,16-19,33H,2-3,8-13,26H2,1H3,(H,30,36)(H,31,38)(H,32,37)(H,34,35)(H,39,40)(H4,27,28,29). The quantitative estimate of drug-likeness (QED) is 0.0499. The number of phenolic OH excluding ortho intramolecular Hbond substituents is 1. The van der Waals surface area contributed by atoms with Crippen LogP contribution >= 0.6 is 11.8 Å². The van der Waals surface area contributed by atoms with E-state index < -0.39 is 60.2 Å². The van der Waals surface area contributed by atoms with Gasteiger partial charge in [0.1, 0.15) is 23.9 Å². The number of thioether (sulfide) groups is 1. The fourth-order valence-corrected chi connectivity index (χ4v) is 4.07. The molecule has 0 fully saturated rings. The minimum absolute atomic E-state index is 0.00721. The van der Waals surface area contributed by atoms with E-state index in [-0.39, 0.29) is 43.9 Å². The van der Waals surface area contributed by atoms with Crippen molar-refractivity contribution in [2.45, 2.75) is 62.7 Å².